The predicted molar refractivity (Wildman–Crippen MR) is 163 cm³/mol. The van der Waals surface area contributed by atoms with Crippen molar-refractivity contribution in [1.29, 1.82) is 0 Å². The number of ether oxygens (including phenoxy) is 2. The molecule has 11 nitrogen and oxygen atoms in total. The highest BCUT2D eigenvalue weighted by Crippen LogP contribution is 2.43. The van der Waals surface area contributed by atoms with Crippen molar-refractivity contribution < 1.29 is 42.1 Å². The number of phosphoric ester groups is 1. The lowest BCUT2D eigenvalue weighted by atomic mass is 10.0. The first-order valence-corrected chi connectivity index (χ1v) is 17.2. The Bertz CT molecular complexity index is 706. The van der Waals surface area contributed by atoms with Crippen molar-refractivity contribution in [1.82, 2.24) is 10.6 Å². The van der Waals surface area contributed by atoms with E-state index in [0.717, 1.165) is 19.3 Å². The van der Waals surface area contributed by atoms with Crippen LogP contribution in [0, 0.1) is 0 Å². The molecule has 0 aromatic rings. The number of nitrogens with one attached hydrogen (secondary N) is 2. The third-order valence-corrected chi connectivity index (χ3v) is 7.60. The summed E-state index contributed by atoms with van der Waals surface area (Å²) in [5, 5.41) is 4.96. The second kappa shape index (κ2) is 25.1. The molecule has 0 aliphatic heterocycles. The molecule has 0 aromatic carbocycles. The number of carbonyl (C=O) groups is 2. The third kappa shape index (κ3) is 28.5. The second-order valence-electron chi connectivity index (χ2n) is 11.7. The molecule has 0 aliphatic carbocycles. The van der Waals surface area contributed by atoms with Gasteiger partial charge in [-0.05, 0) is 6.42 Å². The maximum atomic E-state index is 12.1. The molecule has 0 spiro atoms. The molecule has 0 saturated carbocycles. The predicted octanol–water partition coefficient (Wildman–Crippen LogP) is 6.54. The number of amides is 2. The molecule has 0 bridgehead atoms. The highest BCUT2D eigenvalue weighted by atomic mass is 31.2. The Kier molecular flexibility index (Phi) is 24.3. The van der Waals surface area contributed by atoms with Crippen LogP contribution in [0.5, 0.6) is 0 Å². The maximum absolute atomic E-state index is 12.1. The molecule has 2 amide bonds. The Morgan fingerprint density at radius 3 is 1.71 bits per heavy atom. The summed E-state index contributed by atoms with van der Waals surface area (Å²) >= 11 is 0. The zero-order valence-electron chi connectivity index (χ0n) is 26.6. The van der Waals surface area contributed by atoms with Gasteiger partial charge in [-0.15, -0.1) is 0 Å². The fraction of sp³-hybridized carbons (Fsp3) is 0.931. The second-order valence-corrected chi connectivity index (χ2v) is 13.2. The van der Waals surface area contributed by atoms with E-state index in [4.69, 9.17) is 18.5 Å². The number of quaternary nitrogens is 1. The molecule has 244 valence electrons. The van der Waals surface area contributed by atoms with Crippen LogP contribution >= 0.6 is 7.82 Å². The lowest BCUT2D eigenvalue weighted by Gasteiger charge is -2.24. The van der Waals surface area contributed by atoms with Gasteiger partial charge in [0.15, 0.2) is 6.10 Å². The molecule has 0 saturated heterocycles. The van der Waals surface area contributed by atoms with Crippen LogP contribution in [0.3, 0.4) is 0 Å². The van der Waals surface area contributed by atoms with Crippen LogP contribution in [0.1, 0.15) is 110 Å². The Hall–Kier alpha value is -1.39. The van der Waals surface area contributed by atoms with E-state index in [1.54, 1.807) is 0 Å². The van der Waals surface area contributed by atoms with E-state index in [0.29, 0.717) is 17.6 Å². The average Bonchev–Trinajstić information content (AvgIpc) is 2.90. The molecule has 0 fully saturated rings. The third-order valence-electron chi connectivity index (χ3n) is 6.62. The molecule has 0 radical (unpaired) electrons. The van der Waals surface area contributed by atoms with Gasteiger partial charge in [0.2, 0.25) is 0 Å². The van der Waals surface area contributed by atoms with E-state index in [1.807, 2.05) is 21.1 Å². The molecule has 0 aliphatic rings. The van der Waals surface area contributed by atoms with Crippen LogP contribution < -0.4 is 10.6 Å². The van der Waals surface area contributed by atoms with E-state index in [2.05, 4.69) is 17.6 Å². The van der Waals surface area contributed by atoms with Crippen molar-refractivity contribution in [2.45, 2.75) is 116 Å². The molecule has 0 heterocycles. The van der Waals surface area contributed by atoms with Crippen LogP contribution in [0.15, 0.2) is 0 Å². The summed E-state index contributed by atoms with van der Waals surface area (Å²) in [6, 6.07) is 0. The van der Waals surface area contributed by atoms with Gasteiger partial charge < -0.3 is 29.5 Å². The number of phosphoric acid groups is 1. The first-order valence-electron chi connectivity index (χ1n) is 15.7. The molecule has 2 unspecified atom stereocenters. The fourth-order valence-electron chi connectivity index (χ4n) is 4.05. The summed E-state index contributed by atoms with van der Waals surface area (Å²) in [5.74, 6) is 0. The van der Waals surface area contributed by atoms with Crippen molar-refractivity contribution in [3.63, 3.8) is 0 Å². The number of unbranched alkanes of at least 4 members (excludes halogenated alkanes) is 15. The van der Waals surface area contributed by atoms with Gasteiger partial charge >= 0.3 is 20.0 Å². The SMILES string of the molecule is CCCCCCCCCCCCCCCCCCNC(=O)OCC(COP(=O)(O)OCC[N+](C)(C)C)OC(=O)NC. The van der Waals surface area contributed by atoms with Gasteiger partial charge in [-0.3, -0.25) is 9.05 Å². The fourth-order valence-corrected chi connectivity index (χ4v) is 4.80. The maximum Gasteiger partial charge on any atom is 0.472 e. The Labute approximate surface area is 249 Å². The van der Waals surface area contributed by atoms with Crippen LogP contribution in [0.2, 0.25) is 0 Å². The van der Waals surface area contributed by atoms with Crippen molar-refractivity contribution in [2.24, 2.45) is 0 Å². The molecule has 0 rings (SSSR count). The number of hydrogen-bond donors (Lipinski definition) is 3. The summed E-state index contributed by atoms with van der Waals surface area (Å²) in [7, 11) is 2.77. The monoisotopic (exact) mass is 610 g/mol. The molecule has 41 heavy (non-hydrogen) atoms. The highest BCUT2D eigenvalue weighted by Gasteiger charge is 2.26. The Morgan fingerprint density at radius 2 is 1.24 bits per heavy atom. The lowest BCUT2D eigenvalue weighted by molar-refractivity contribution is -0.870. The normalized spacial score (nSPS) is 13.8. The van der Waals surface area contributed by atoms with E-state index in [1.165, 1.54) is 90.5 Å². The number of nitrogens with zero attached hydrogens (tertiary/aromatic N) is 1. The summed E-state index contributed by atoms with van der Waals surface area (Å²) in [5.41, 5.74) is 0. The van der Waals surface area contributed by atoms with Gasteiger partial charge in [-0.2, -0.15) is 0 Å². The van der Waals surface area contributed by atoms with Crippen LogP contribution in [-0.4, -0.2) is 88.8 Å². The Balaban J connectivity index is 3.89. The molecule has 0 aromatic heterocycles. The molecular weight excluding hydrogens is 549 g/mol. The van der Waals surface area contributed by atoms with Crippen molar-refractivity contribution >= 4 is 20.0 Å². The van der Waals surface area contributed by atoms with Gasteiger partial charge in [0.25, 0.3) is 0 Å². The van der Waals surface area contributed by atoms with Crippen LogP contribution in [0.4, 0.5) is 9.59 Å². The summed E-state index contributed by atoms with van der Waals surface area (Å²) < 4.78 is 32.7. The standard InChI is InChI=1S/C29H60N3O8P/c1-6-7-8-9-10-11-12-13-14-15-16-17-18-19-20-21-22-31-29(34)37-25-27(40-28(33)30-2)26-39-41(35,36)38-24-23-32(3,4)5/h27H,6-26H2,1-5H3,(H2-,30,31,33,34,35,36)/p+1. The Morgan fingerprint density at radius 1 is 0.756 bits per heavy atom. The van der Waals surface area contributed by atoms with E-state index in [-0.39, 0.29) is 13.2 Å². The smallest absolute Gasteiger partial charge is 0.446 e. The van der Waals surface area contributed by atoms with Gasteiger partial charge in [-0.1, -0.05) is 103 Å². The van der Waals surface area contributed by atoms with Crippen LogP contribution in [-0.2, 0) is 23.1 Å². The van der Waals surface area contributed by atoms with Gasteiger partial charge in [-0.25, -0.2) is 14.2 Å². The number of alkyl carbamates (subject to hydrolysis) is 2. The molecule has 12 heteroatoms. The van der Waals surface area contributed by atoms with Crippen LogP contribution in [0.25, 0.3) is 0 Å². The van der Waals surface area contributed by atoms with Gasteiger partial charge in [0.1, 0.15) is 19.8 Å². The first-order chi connectivity index (χ1) is 19.5. The minimum atomic E-state index is -4.36. The zero-order chi connectivity index (χ0) is 30.8. The zero-order valence-corrected chi connectivity index (χ0v) is 27.5. The summed E-state index contributed by atoms with van der Waals surface area (Å²) in [4.78, 5) is 33.5. The van der Waals surface area contributed by atoms with E-state index < -0.39 is 32.7 Å². The number of carbonyl (C=O) groups excluding carboxylic acids is 2. The summed E-state index contributed by atoms with van der Waals surface area (Å²) in [6.45, 7) is 2.44. The minimum Gasteiger partial charge on any atom is -0.446 e. The average molecular weight is 611 g/mol. The lowest BCUT2D eigenvalue weighted by Crippen LogP contribution is -2.37. The molecular formula is C29H61N3O8P+. The quantitative estimate of drug-likeness (QED) is 0.0543. The topological polar surface area (TPSA) is 132 Å². The highest BCUT2D eigenvalue weighted by molar-refractivity contribution is 7.47. The largest absolute Gasteiger partial charge is 0.472 e. The minimum absolute atomic E-state index is 0.0104. The summed E-state index contributed by atoms with van der Waals surface area (Å²) in [6.07, 6.45) is 18.0. The van der Waals surface area contributed by atoms with E-state index in [9.17, 15) is 19.0 Å². The number of likely N-dealkylation sites (N-methyl/N-ethyl adjacent to an activating group) is 1. The molecule has 2 atom stereocenters. The van der Waals surface area contributed by atoms with Crippen molar-refractivity contribution in [3.05, 3.63) is 0 Å². The van der Waals surface area contributed by atoms with Gasteiger partial charge in [0, 0.05) is 13.6 Å². The van der Waals surface area contributed by atoms with E-state index >= 15 is 0 Å². The van der Waals surface area contributed by atoms with Gasteiger partial charge in [0.05, 0.1) is 27.7 Å². The molecule has 3 N–H and O–H groups in total. The van der Waals surface area contributed by atoms with Crippen molar-refractivity contribution in [2.75, 3.05) is 61.1 Å². The first kappa shape index (κ1) is 39.6. The number of rotatable bonds is 27. The number of hydrogen-bond acceptors (Lipinski definition) is 7. The van der Waals surface area contributed by atoms with Crippen molar-refractivity contribution in [3.8, 4) is 0 Å².